The van der Waals surface area contributed by atoms with Crippen molar-refractivity contribution in [2.75, 3.05) is 5.73 Å². The van der Waals surface area contributed by atoms with Crippen molar-refractivity contribution in [3.8, 4) is 6.07 Å². The summed E-state index contributed by atoms with van der Waals surface area (Å²) in [5.74, 6) is -0.103. The topological polar surface area (TPSA) is 82.9 Å². The first-order valence-electron chi connectivity index (χ1n) is 3.68. The number of hydrogen-bond donors (Lipinski definition) is 2. The molecule has 0 aliphatic carbocycles. The summed E-state index contributed by atoms with van der Waals surface area (Å²) in [6.45, 7) is -0.482. The molecule has 0 aromatic carbocycles. The van der Waals surface area contributed by atoms with Crippen molar-refractivity contribution in [2.24, 2.45) is 0 Å². The van der Waals surface area contributed by atoms with Gasteiger partial charge in [-0.15, -0.1) is 0 Å². The smallest absolute Gasteiger partial charge is 0.266 e. The van der Waals surface area contributed by atoms with Crippen molar-refractivity contribution in [1.82, 2.24) is 4.98 Å². The fourth-order valence-corrected chi connectivity index (χ4v) is 0.969. The van der Waals surface area contributed by atoms with Crippen LogP contribution in [0.25, 0.3) is 0 Å². The van der Waals surface area contributed by atoms with Crippen LogP contribution in [0.2, 0.25) is 0 Å². The molecule has 1 heterocycles. The highest BCUT2D eigenvalue weighted by Gasteiger charge is 2.16. The molecular formula is C8H7F2N3O. The van der Waals surface area contributed by atoms with E-state index >= 15 is 0 Å². The summed E-state index contributed by atoms with van der Waals surface area (Å²) in [5.41, 5.74) is 4.49. The summed E-state index contributed by atoms with van der Waals surface area (Å²) in [6, 6.07) is 2.51. The summed E-state index contributed by atoms with van der Waals surface area (Å²) in [7, 11) is 0. The minimum Gasteiger partial charge on any atom is -0.392 e. The van der Waals surface area contributed by atoms with Gasteiger partial charge in [-0.05, 0) is 6.07 Å². The number of alkyl halides is 2. The van der Waals surface area contributed by atoms with Gasteiger partial charge < -0.3 is 10.8 Å². The molecule has 0 unspecified atom stereocenters. The molecule has 0 aliphatic rings. The van der Waals surface area contributed by atoms with Gasteiger partial charge in [-0.25, -0.2) is 13.8 Å². The van der Waals surface area contributed by atoms with Crippen LogP contribution in [0.5, 0.6) is 0 Å². The zero-order valence-corrected chi connectivity index (χ0v) is 7.04. The van der Waals surface area contributed by atoms with Crippen molar-refractivity contribution in [1.29, 1.82) is 5.26 Å². The Bertz CT molecular complexity index is 387. The molecule has 0 fully saturated rings. The fourth-order valence-electron chi connectivity index (χ4n) is 0.969. The molecule has 0 aliphatic heterocycles. The second-order valence-corrected chi connectivity index (χ2v) is 2.54. The zero-order valence-electron chi connectivity index (χ0n) is 7.04. The van der Waals surface area contributed by atoms with E-state index in [2.05, 4.69) is 4.98 Å². The Hall–Kier alpha value is -1.74. The minimum atomic E-state index is -2.80. The molecule has 0 bridgehead atoms. The Morgan fingerprint density at radius 2 is 2.29 bits per heavy atom. The highest BCUT2D eigenvalue weighted by atomic mass is 19.3. The second-order valence-electron chi connectivity index (χ2n) is 2.54. The van der Waals surface area contributed by atoms with Crippen molar-refractivity contribution in [3.05, 3.63) is 22.9 Å². The number of nitrogens with two attached hydrogens (primary N) is 1. The summed E-state index contributed by atoms with van der Waals surface area (Å²) >= 11 is 0. The van der Waals surface area contributed by atoms with E-state index < -0.39 is 24.3 Å². The van der Waals surface area contributed by atoms with E-state index in [0.29, 0.717) is 0 Å². The van der Waals surface area contributed by atoms with E-state index in [1.165, 1.54) is 6.07 Å². The third kappa shape index (κ3) is 1.78. The Morgan fingerprint density at radius 3 is 2.71 bits per heavy atom. The number of aliphatic hydroxyl groups excluding tert-OH is 1. The normalized spacial score (nSPS) is 10.2. The molecule has 74 valence electrons. The standard InChI is InChI=1S/C8H7F2N3O/c9-7(10)5-1-4(3-14)8(12)13-6(5)2-11/h1,7,14H,3H2,(H2,12,13). The molecule has 3 N–H and O–H groups in total. The highest BCUT2D eigenvalue weighted by Crippen LogP contribution is 2.24. The van der Waals surface area contributed by atoms with Crippen LogP contribution in [-0.4, -0.2) is 10.1 Å². The van der Waals surface area contributed by atoms with Gasteiger partial charge in [0.2, 0.25) is 0 Å². The van der Waals surface area contributed by atoms with Gasteiger partial charge >= 0.3 is 0 Å². The maximum Gasteiger partial charge on any atom is 0.266 e. The average Bonchev–Trinajstić information content (AvgIpc) is 2.16. The molecule has 0 radical (unpaired) electrons. The molecule has 1 aromatic heterocycles. The van der Waals surface area contributed by atoms with Gasteiger partial charge in [-0.1, -0.05) is 0 Å². The number of nitrogen functional groups attached to an aromatic ring is 1. The SMILES string of the molecule is N#Cc1nc(N)c(CO)cc1C(F)F. The van der Waals surface area contributed by atoms with Gasteiger partial charge in [0.25, 0.3) is 6.43 Å². The summed E-state index contributed by atoms with van der Waals surface area (Å²) in [4.78, 5) is 3.46. The Morgan fingerprint density at radius 1 is 1.64 bits per heavy atom. The Balaban J connectivity index is 3.34. The molecule has 1 aromatic rings. The predicted octanol–water partition coefficient (Wildman–Crippen LogP) is 0.965. The maximum absolute atomic E-state index is 12.3. The average molecular weight is 199 g/mol. The van der Waals surface area contributed by atoms with E-state index in [4.69, 9.17) is 16.1 Å². The van der Waals surface area contributed by atoms with E-state index in [-0.39, 0.29) is 11.4 Å². The molecule has 14 heavy (non-hydrogen) atoms. The van der Waals surface area contributed by atoms with Crippen LogP contribution in [0, 0.1) is 11.3 Å². The molecule has 0 saturated heterocycles. The van der Waals surface area contributed by atoms with Crippen LogP contribution >= 0.6 is 0 Å². The number of nitriles is 1. The number of anilines is 1. The first-order chi connectivity index (χ1) is 6.60. The molecule has 6 heteroatoms. The van der Waals surface area contributed by atoms with Gasteiger partial charge in [0.15, 0.2) is 5.69 Å². The van der Waals surface area contributed by atoms with E-state index in [1.54, 1.807) is 0 Å². The number of aliphatic hydroxyl groups is 1. The monoisotopic (exact) mass is 199 g/mol. The van der Waals surface area contributed by atoms with Crippen LogP contribution in [0.3, 0.4) is 0 Å². The Labute approximate surface area is 78.6 Å². The highest BCUT2D eigenvalue weighted by molar-refractivity contribution is 5.47. The van der Waals surface area contributed by atoms with Crippen molar-refractivity contribution < 1.29 is 13.9 Å². The quantitative estimate of drug-likeness (QED) is 0.743. The van der Waals surface area contributed by atoms with Crippen LogP contribution in [0.1, 0.15) is 23.2 Å². The number of rotatable bonds is 2. The lowest BCUT2D eigenvalue weighted by molar-refractivity contribution is 0.150. The first-order valence-corrected chi connectivity index (χ1v) is 3.68. The van der Waals surface area contributed by atoms with Crippen molar-refractivity contribution in [2.45, 2.75) is 13.0 Å². The molecule has 0 spiro atoms. The van der Waals surface area contributed by atoms with Crippen LogP contribution in [-0.2, 0) is 6.61 Å². The largest absolute Gasteiger partial charge is 0.392 e. The van der Waals surface area contributed by atoms with Gasteiger partial charge in [-0.3, -0.25) is 0 Å². The number of halogens is 2. The number of hydrogen-bond acceptors (Lipinski definition) is 4. The lowest BCUT2D eigenvalue weighted by atomic mass is 10.1. The summed E-state index contributed by atoms with van der Waals surface area (Å²) < 4.78 is 24.7. The Kier molecular flexibility index (Phi) is 2.94. The second kappa shape index (κ2) is 3.98. The van der Waals surface area contributed by atoms with E-state index in [1.807, 2.05) is 0 Å². The number of aromatic nitrogens is 1. The fraction of sp³-hybridized carbons (Fsp3) is 0.250. The van der Waals surface area contributed by atoms with E-state index in [9.17, 15) is 8.78 Å². The third-order valence-electron chi connectivity index (χ3n) is 1.68. The van der Waals surface area contributed by atoms with Gasteiger partial charge in [0.1, 0.15) is 11.9 Å². The van der Waals surface area contributed by atoms with Crippen molar-refractivity contribution in [3.63, 3.8) is 0 Å². The summed E-state index contributed by atoms with van der Waals surface area (Å²) in [5, 5.41) is 17.2. The van der Waals surface area contributed by atoms with Crippen molar-refractivity contribution >= 4 is 5.82 Å². The zero-order chi connectivity index (χ0) is 10.7. The lowest BCUT2D eigenvalue weighted by Gasteiger charge is -2.06. The van der Waals surface area contributed by atoms with Gasteiger partial charge in [-0.2, -0.15) is 5.26 Å². The number of pyridine rings is 1. The van der Waals surface area contributed by atoms with E-state index in [0.717, 1.165) is 6.07 Å². The minimum absolute atomic E-state index is 0.0966. The van der Waals surface area contributed by atoms with Crippen LogP contribution < -0.4 is 5.73 Å². The molecule has 0 amide bonds. The molecule has 4 nitrogen and oxygen atoms in total. The molecule has 0 saturated carbocycles. The first kappa shape index (κ1) is 10.3. The third-order valence-corrected chi connectivity index (χ3v) is 1.68. The predicted molar refractivity (Wildman–Crippen MR) is 44.2 cm³/mol. The van der Waals surface area contributed by atoms with Gasteiger partial charge in [0.05, 0.1) is 12.2 Å². The number of nitrogens with zero attached hydrogens (tertiary/aromatic N) is 2. The lowest BCUT2D eigenvalue weighted by Crippen LogP contribution is -2.04. The molecular weight excluding hydrogens is 192 g/mol. The van der Waals surface area contributed by atoms with Crippen LogP contribution in [0.15, 0.2) is 6.07 Å². The molecule has 0 atom stereocenters. The van der Waals surface area contributed by atoms with Crippen LogP contribution in [0.4, 0.5) is 14.6 Å². The summed E-state index contributed by atoms with van der Waals surface area (Å²) in [6.07, 6.45) is -2.80. The van der Waals surface area contributed by atoms with Gasteiger partial charge in [0, 0.05) is 5.56 Å². The maximum atomic E-state index is 12.3. The molecule has 1 rings (SSSR count).